The highest BCUT2D eigenvalue weighted by Gasteiger charge is 2.62. The summed E-state index contributed by atoms with van der Waals surface area (Å²) in [4.78, 5) is 0. The molecule has 266 valence electrons. The van der Waals surface area contributed by atoms with Crippen molar-refractivity contribution in [3.8, 4) is 0 Å². The minimum absolute atomic E-state index is 0.0469. The molecule has 0 aromatic carbocycles. The molecule has 0 aliphatic heterocycles. The van der Waals surface area contributed by atoms with Crippen molar-refractivity contribution in [3.63, 3.8) is 0 Å². The second-order valence-corrected chi connectivity index (χ2v) is 30.9. The molecule has 3 saturated carbocycles. The quantitative estimate of drug-likeness (QED) is 0.176. The molecule has 4 aliphatic rings. The van der Waals surface area contributed by atoms with Gasteiger partial charge in [-0.2, -0.15) is 11.8 Å². The highest BCUT2D eigenvalue weighted by Crippen LogP contribution is 2.67. The van der Waals surface area contributed by atoms with Crippen LogP contribution in [0.4, 0.5) is 0 Å². The van der Waals surface area contributed by atoms with E-state index in [9.17, 15) is 10.2 Å². The summed E-state index contributed by atoms with van der Waals surface area (Å²) in [6.45, 7) is 35.0. The highest BCUT2D eigenvalue weighted by molar-refractivity contribution is 7.99. The Hall–Kier alpha value is 0.104. The number of rotatable bonds is 10. The van der Waals surface area contributed by atoms with E-state index in [2.05, 4.69) is 101 Å². The van der Waals surface area contributed by atoms with Crippen LogP contribution in [0.25, 0.3) is 0 Å². The smallest absolute Gasteiger partial charge is 0.192 e. The lowest BCUT2D eigenvalue weighted by atomic mass is 9.49. The van der Waals surface area contributed by atoms with E-state index in [4.69, 9.17) is 8.85 Å². The van der Waals surface area contributed by atoms with Gasteiger partial charge in [0.05, 0.1) is 23.9 Å². The summed E-state index contributed by atoms with van der Waals surface area (Å²) in [5.74, 6) is 2.19. The summed E-state index contributed by atoms with van der Waals surface area (Å²) in [5, 5.41) is 22.6. The summed E-state index contributed by atoms with van der Waals surface area (Å²) >= 11 is 2.01. The third-order valence-corrected chi connectivity index (χ3v) is 24.4. The van der Waals surface area contributed by atoms with Crippen LogP contribution in [-0.4, -0.2) is 61.8 Å². The third-order valence-electron chi connectivity index (χ3n) is 14.0. The first-order chi connectivity index (χ1) is 20.7. The predicted molar refractivity (Wildman–Crippen MR) is 204 cm³/mol. The fraction of sp³-hybridized carbons (Fsp3) is 0.897. The van der Waals surface area contributed by atoms with Gasteiger partial charge < -0.3 is 19.1 Å². The Morgan fingerprint density at radius 1 is 0.913 bits per heavy atom. The maximum absolute atomic E-state index is 11.7. The van der Waals surface area contributed by atoms with E-state index in [0.717, 1.165) is 50.7 Å². The van der Waals surface area contributed by atoms with E-state index in [1.54, 1.807) is 5.57 Å². The van der Waals surface area contributed by atoms with Crippen LogP contribution in [-0.2, 0) is 8.85 Å². The van der Waals surface area contributed by atoms with Crippen LogP contribution in [0.3, 0.4) is 0 Å². The minimum atomic E-state index is -2.05. The monoisotopic (exact) mass is 692 g/mol. The second-order valence-electron chi connectivity index (χ2n) is 19.9. The Morgan fingerprint density at radius 2 is 1.50 bits per heavy atom. The molecule has 0 spiro atoms. The molecule has 0 saturated heterocycles. The standard InChI is InChI=1S/C39H72O4SSi2/c1-26(44-22-16-20-37(8,9)41)34-32(40)25-31-29-18-17-27-23-28(42-45(12,13)35(2,3)4)24-33(43-46(14,15)36(5,6)7)39(27,11)30(29)19-21-38(31,34)10/h17-18,26,28,30-34,40-41H,16,19-25H2,1-15H3/t26?,28-,30+,31+,32+,33+,34+,38+,39+/m1/s1. The van der Waals surface area contributed by atoms with Gasteiger partial charge >= 0.3 is 0 Å². The molecule has 4 rings (SSSR count). The first-order valence-corrected chi connectivity index (χ1v) is 25.4. The van der Waals surface area contributed by atoms with Crippen LogP contribution in [0.15, 0.2) is 23.3 Å². The lowest BCUT2D eigenvalue weighted by Crippen LogP contribution is -2.58. The molecule has 1 unspecified atom stereocenters. The zero-order valence-corrected chi connectivity index (χ0v) is 35.3. The Morgan fingerprint density at radius 3 is 2.07 bits per heavy atom. The number of hydrogen-bond acceptors (Lipinski definition) is 5. The summed E-state index contributed by atoms with van der Waals surface area (Å²) in [6, 6.07) is 0. The van der Waals surface area contributed by atoms with Crippen LogP contribution in [0.5, 0.6) is 0 Å². The Labute approximate surface area is 290 Å². The number of thioether (sulfide) groups is 1. The van der Waals surface area contributed by atoms with Crippen molar-refractivity contribution >= 4 is 28.4 Å². The predicted octanol–water partition coefficient (Wildman–Crippen LogP) is 10.5. The Bertz CT molecular complexity index is 1160. The van der Waals surface area contributed by atoms with E-state index in [1.165, 1.54) is 5.57 Å². The van der Waals surface area contributed by atoms with Crippen molar-refractivity contribution in [2.75, 3.05) is 5.75 Å². The molecule has 4 aliphatic carbocycles. The SMILES string of the molecule is CC(SCCCC(C)(C)O)[C@H]1[C@@H](O)C[C@H]2C3=CC=C4C[C@@H](O[Si](C)(C)C(C)(C)C)C[C@H](O[Si](C)(C)C(C)(C)C)[C@]4(C)[C@H]3CC[C@@]21C. The van der Waals surface area contributed by atoms with Crippen molar-refractivity contribution < 1.29 is 19.1 Å². The van der Waals surface area contributed by atoms with Gasteiger partial charge in [-0.15, -0.1) is 0 Å². The molecule has 0 bridgehead atoms. The van der Waals surface area contributed by atoms with E-state index >= 15 is 0 Å². The zero-order valence-electron chi connectivity index (χ0n) is 32.5. The summed E-state index contributed by atoms with van der Waals surface area (Å²) in [6.07, 6.45) is 12.1. The van der Waals surface area contributed by atoms with E-state index in [-0.39, 0.29) is 45.1 Å². The topological polar surface area (TPSA) is 58.9 Å². The molecule has 4 nitrogen and oxygen atoms in total. The van der Waals surface area contributed by atoms with Crippen molar-refractivity contribution in [3.05, 3.63) is 23.3 Å². The average molecular weight is 693 g/mol. The molecular weight excluding hydrogens is 621 g/mol. The molecule has 0 radical (unpaired) electrons. The molecule has 0 aromatic heterocycles. The summed E-state index contributed by atoms with van der Waals surface area (Å²) in [7, 11) is -3.99. The molecule has 9 atom stereocenters. The van der Waals surface area contributed by atoms with Crippen LogP contribution < -0.4 is 0 Å². The molecule has 2 N–H and O–H groups in total. The van der Waals surface area contributed by atoms with Gasteiger partial charge in [0.1, 0.15) is 0 Å². The average Bonchev–Trinajstić information content (AvgIpc) is 3.15. The van der Waals surface area contributed by atoms with Gasteiger partial charge in [0.25, 0.3) is 0 Å². The Balaban J connectivity index is 1.65. The molecule has 0 amide bonds. The first-order valence-electron chi connectivity index (χ1n) is 18.5. The first kappa shape index (κ1) is 38.9. The van der Waals surface area contributed by atoms with Crippen LogP contribution >= 0.6 is 11.8 Å². The number of allylic oxidation sites excluding steroid dienone is 3. The van der Waals surface area contributed by atoms with E-state index in [1.807, 2.05) is 25.6 Å². The maximum atomic E-state index is 11.7. The van der Waals surface area contributed by atoms with Crippen LogP contribution in [0.1, 0.15) is 121 Å². The van der Waals surface area contributed by atoms with Crippen molar-refractivity contribution in [1.29, 1.82) is 0 Å². The highest BCUT2D eigenvalue weighted by atomic mass is 32.2. The van der Waals surface area contributed by atoms with Gasteiger partial charge in [-0.25, -0.2) is 0 Å². The summed E-state index contributed by atoms with van der Waals surface area (Å²) in [5.41, 5.74) is 2.58. The minimum Gasteiger partial charge on any atom is -0.414 e. The molecule has 7 heteroatoms. The van der Waals surface area contributed by atoms with Gasteiger partial charge in [-0.3, -0.25) is 0 Å². The Kier molecular flexibility index (Phi) is 11.0. The summed E-state index contributed by atoms with van der Waals surface area (Å²) < 4.78 is 14.7. The largest absolute Gasteiger partial charge is 0.414 e. The van der Waals surface area contributed by atoms with Gasteiger partial charge in [0.15, 0.2) is 16.6 Å². The number of hydrogen-bond donors (Lipinski definition) is 2. The molecule has 3 fully saturated rings. The van der Waals surface area contributed by atoms with Gasteiger partial charge in [0.2, 0.25) is 0 Å². The van der Waals surface area contributed by atoms with E-state index < -0.39 is 22.2 Å². The third kappa shape index (κ3) is 7.42. The maximum Gasteiger partial charge on any atom is 0.192 e. The van der Waals surface area contributed by atoms with E-state index in [0.29, 0.717) is 17.1 Å². The van der Waals surface area contributed by atoms with Gasteiger partial charge in [-0.1, -0.05) is 85.6 Å². The van der Waals surface area contributed by atoms with Crippen molar-refractivity contribution in [2.24, 2.45) is 28.6 Å². The molecular formula is C39H72O4SSi2. The molecule has 46 heavy (non-hydrogen) atoms. The fourth-order valence-electron chi connectivity index (χ4n) is 9.17. The van der Waals surface area contributed by atoms with Crippen LogP contribution in [0.2, 0.25) is 36.3 Å². The van der Waals surface area contributed by atoms with Gasteiger partial charge in [0, 0.05) is 16.6 Å². The fourth-order valence-corrected chi connectivity index (χ4v) is 13.3. The number of fused-ring (bicyclic) bond motifs is 5. The molecule has 0 aromatic rings. The lowest BCUT2D eigenvalue weighted by Gasteiger charge is -2.59. The van der Waals surface area contributed by atoms with Gasteiger partial charge in [-0.05, 0) is 118 Å². The number of aliphatic hydroxyl groups excluding tert-OH is 1. The normalized spacial score (nSPS) is 36.4. The van der Waals surface area contributed by atoms with Crippen molar-refractivity contribution in [1.82, 2.24) is 0 Å². The van der Waals surface area contributed by atoms with Crippen LogP contribution in [0, 0.1) is 28.6 Å². The van der Waals surface area contributed by atoms with Crippen molar-refractivity contribution in [2.45, 2.75) is 187 Å². The zero-order chi connectivity index (χ0) is 34.9. The second kappa shape index (κ2) is 13.0. The lowest BCUT2D eigenvalue weighted by molar-refractivity contribution is -0.0438. The molecule has 0 heterocycles. The number of aliphatic hydroxyl groups is 2.